The van der Waals surface area contributed by atoms with Crippen molar-refractivity contribution in [2.24, 2.45) is 5.92 Å². The van der Waals surface area contributed by atoms with E-state index in [0.717, 1.165) is 18.9 Å². The Hall–Kier alpha value is -1.52. The summed E-state index contributed by atoms with van der Waals surface area (Å²) >= 11 is 0. The minimum absolute atomic E-state index is 0.0563. The van der Waals surface area contributed by atoms with Crippen LogP contribution in [0.5, 0.6) is 0 Å². The molecule has 1 amide bonds. The van der Waals surface area contributed by atoms with Gasteiger partial charge in [-0.25, -0.2) is 9.59 Å². The van der Waals surface area contributed by atoms with E-state index in [-0.39, 0.29) is 6.61 Å². The third-order valence-corrected chi connectivity index (χ3v) is 2.53. The van der Waals surface area contributed by atoms with Gasteiger partial charge in [0.05, 0.1) is 0 Å². The Morgan fingerprint density at radius 3 is 2.58 bits per heavy atom. The minimum Gasteiger partial charge on any atom is -0.459 e. The molecule has 1 atom stereocenters. The topological polar surface area (TPSA) is 64.6 Å². The Morgan fingerprint density at radius 1 is 1.37 bits per heavy atom. The SMILES string of the molecule is C=CC(=O)OCC(CC)OC(=O)NCCCC(C)C. The van der Waals surface area contributed by atoms with Crippen molar-refractivity contribution in [2.75, 3.05) is 13.2 Å². The maximum absolute atomic E-state index is 11.5. The smallest absolute Gasteiger partial charge is 0.407 e. The Bertz CT molecular complexity index is 289. The highest BCUT2D eigenvalue weighted by molar-refractivity contribution is 5.81. The second kappa shape index (κ2) is 10.4. The van der Waals surface area contributed by atoms with Crippen LogP contribution in [0.25, 0.3) is 0 Å². The lowest BCUT2D eigenvalue weighted by atomic mass is 10.1. The van der Waals surface area contributed by atoms with E-state index in [9.17, 15) is 9.59 Å². The molecule has 5 heteroatoms. The summed E-state index contributed by atoms with van der Waals surface area (Å²) in [4.78, 5) is 22.4. The van der Waals surface area contributed by atoms with Crippen LogP contribution in [0, 0.1) is 5.92 Å². The molecule has 110 valence electrons. The van der Waals surface area contributed by atoms with E-state index in [1.165, 1.54) is 0 Å². The molecule has 0 aromatic rings. The van der Waals surface area contributed by atoms with Gasteiger partial charge in [-0.3, -0.25) is 0 Å². The van der Waals surface area contributed by atoms with Crippen molar-refractivity contribution < 1.29 is 19.1 Å². The van der Waals surface area contributed by atoms with Crippen molar-refractivity contribution in [3.05, 3.63) is 12.7 Å². The number of carbonyl (C=O) groups excluding carboxylic acids is 2. The molecule has 0 saturated heterocycles. The van der Waals surface area contributed by atoms with Crippen LogP contribution < -0.4 is 5.32 Å². The fourth-order valence-electron chi connectivity index (χ4n) is 1.36. The van der Waals surface area contributed by atoms with Gasteiger partial charge in [0, 0.05) is 12.6 Å². The summed E-state index contributed by atoms with van der Waals surface area (Å²) in [5.41, 5.74) is 0. The zero-order chi connectivity index (χ0) is 14.7. The fraction of sp³-hybridized carbons (Fsp3) is 0.714. The first kappa shape index (κ1) is 17.5. The first-order chi connectivity index (χ1) is 8.99. The van der Waals surface area contributed by atoms with Crippen LogP contribution in [0.2, 0.25) is 0 Å². The van der Waals surface area contributed by atoms with Crippen molar-refractivity contribution in [3.63, 3.8) is 0 Å². The zero-order valence-corrected chi connectivity index (χ0v) is 12.1. The Morgan fingerprint density at radius 2 is 2.05 bits per heavy atom. The van der Waals surface area contributed by atoms with Gasteiger partial charge in [0.25, 0.3) is 0 Å². The van der Waals surface area contributed by atoms with E-state index in [1.54, 1.807) is 0 Å². The number of carbonyl (C=O) groups is 2. The van der Waals surface area contributed by atoms with Crippen LogP contribution in [0.15, 0.2) is 12.7 Å². The van der Waals surface area contributed by atoms with Gasteiger partial charge < -0.3 is 14.8 Å². The largest absolute Gasteiger partial charge is 0.459 e. The van der Waals surface area contributed by atoms with Crippen molar-refractivity contribution in [1.29, 1.82) is 0 Å². The molecule has 0 heterocycles. The van der Waals surface area contributed by atoms with Gasteiger partial charge in [-0.2, -0.15) is 0 Å². The van der Waals surface area contributed by atoms with Crippen LogP contribution in [0.3, 0.4) is 0 Å². The number of hydrogen-bond donors (Lipinski definition) is 1. The maximum Gasteiger partial charge on any atom is 0.407 e. The van der Waals surface area contributed by atoms with Gasteiger partial charge in [-0.1, -0.05) is 27.4 Å². The lowest BCUT2D eigenvalue weighted by Gasteiger charge is -2.16. The molecular formula is C14H25NO4. The summed E-state index contributed by atoms with van der Waals surface area (Å²) in [7, 11) is 0. The number of rotatable bonds is 9. The molecule has 0 aliphatic rings. The molecule has 0 radical (unpaired) electrons. The number of ether oxygens (including phenoxy) is 2. The van der Waals surface area contributed by atoms with Gasteiger partial charge in [-0.15, -0.1) is 0 Å². The second-order valence-electron chi connectivity index (χ2n) is 4.73. The molecule has 0 aromatic carbocycles. The highest BCUT2D eigenvalue weighted by Gasteiger charge is 2.13. The molecule has 1 N–H and O–H groups in total. The highest BCUT2D eigenvalue weighted by atomic mass is 16.6. The standard InChI is InChI=1S/C14H25NO4/c1-5-12(10-18-13(16)6-2)19-14(17)15-9-7-8-11(3)4/h6,11-12H,2,5,7-10H2,1,3-4H3,(H,15,17). The Balaban J connectivity index is 3.80. The van der Waals surface area contributed by atoms with Crippen LogP contribution in [0.1, 0.15) is 40.0 Å². The lowest BCUT2D eigenvalue weighted by molar-refractivity contribution is -0.140. The maximum atomic E-state index is 11.5. The highest BCUT2D eigenvalue weighted by Crippen LogP contribution is 2.03. The van der Waals surface area contributed by atoms with Crippen molar-refractivity contribution >= 4 is 12.1 Å². The monoisotopic (exact) mass is 271 g/mol. The third kappa shape index (κ3) is 10.1. The number of alkyl carbamates (subject to hydrolysis) is 1. The normalized spacial score (nSPS) is 11.8. The van der Waals surface area contributed by atoms with Gasteiger partial charge in [0.1, 0.15) is 12.7 Å². The molecule has 1 unspecified atom stereocenters. The number of nitrogens with one attached hydrogen (secondary N) is 1. The summed E-state index contributed by atoms with van der Waals surface area (Å²) in [5, 5.41) is 2.68. The quantitative estimate of drug-likeness (QED) is 0.398. The summed E-state index contributed by atoms with van der Waals surface area (Å²) in [6.07, 6.45) is 2.77. The average Bonchev–Trinajstić information content (AvgIpc) is 2.38. The summed E-state index contributed by atoms with van der Waals surface area (Å²) in [6.45, 7) is 10.1. The van der Waals surface area contributed by atoms with Crippen LogP contribution in [0.4, 0.5) is 4.79 Å². The van der Waals surface area contributed by atoms with Crippen LogP contribution >= 0.6 is 0 Å². The molecule has 19 heavy (non-hydrogen) atoms. The molecule has 0 rings (SSSR count). The van der Waals surface area contributed by atoms with Gasteiger partial charge in [-0.05, 0) is 25.2 Å². The van der Waals surface area contributed by atoms with E-state index in [1.807, 2.05) is 6.92 Å². The Kier molecular flexibility index (Phi) is 9.57. The molecule has 0 bridgehead atoms. The number of esters is 1. The molecule has 0 fully saturated rings. The first-order valence-electron chi connectivity index (χ1n) is 6.73. The van der Waals surface area contributed by atoms with Crippen molar-refractivity contribution in [3.8, 4) is 0 Å². The molecule has 5 nitrogen and oxygen atoms in total. The van der Waals surface area contributed by atoms with Crippen LogP contribution in [-0.4, -0.2) is 31.3 Å². The predicted octanol–water partition coefficient (Wildman–Crippen LogP) is 2.66. The minimum atomic E-state index is -0.514. The van der Waals surface area contributed by atoms with Crippen molar-refractivity contribution in [1.82, 2.24) is 5.32 Å². The Labute approximate surface area is 115 Å². The molecule has 0 aliphatic heterocycles. The summed E-state index contributed by atoms with van der Waals surface area (Å²) in [5.74, 6) is 0.110. The number of hydrogen-bond acceptors (Lipinski definition) is 4. The molecule has 0 spiro atoms. The van der Waals surface area contributed by atoms with E-state index in [2.05, 4.69) is 25.7 Å². The zero-order valence-electron chi connectivity index (χ0n) is 12.1. The van der Waals surface area contributed by atoms with Crippen LogP contribution in [-0.2, 0) is 14.3 Å². The van der Waals surface area contributed by atoms with E-state index in [4.69, 9.17) is 9.47 Å². The fourth-order valence-corrected chi connectivity index (χ4v) is 1.36. The second-order valence-corrected chi connectivity index (χ2v) is 4.73. The van der Waals surface area contributed by atoms with Gasteiger partial charge in [0.2, 0.25) is 0 Å². The predicted molar refractivity (Wildman–Crippen MR) is 73.8 cm³/mol. The van der Waals surface area contributed by atoms with Gasteiger partial charge in [0.15, 0.2) is 0 Å². The summed E-state index contributed by atoms with van der Waals surface area (Å²) < 4.78 is 9.98. The molecule has 0 saturated carbocycles. The number of amides is 1. The van der Waals surface area contributed by atoms with E-state index >= 15 is 0 Å². The van der Waals surface area contributed by atoms with Crippen molar-refractivity contribution in [2.45, 2.75) is 46.1 Å². The van der Waals surface area contributed by atoms with E-state index in [0.29, 0.717) is 18.9 Å². The lowest BCUT2D eigenvalue weighted by Crippen LogP contribution is -2.32. The van der Waals surface area contributed by atoms with Gasteiger partial charge >= 0.3 is 12.1 Å². The third-order valence-electron chi connectivity index (χ3n) is 2.53. The summed E-state index contributed by atoms with van der Waals surface area (Å²) in [6, 6.07) is 0. The molecule has 0 aliphatic carbocycles. The molecular weight excluding hydrogens is 246 g/mol. The average molecular weight is 271 g/mol. The first-order valence-corrected chi connectivity index (χ1v) is 6.73. The van der Waals surface area contributed by atoms with E-state index < -0.39 is 18.2 Å². The molecule has 0 aromatic heterocycles.